The lowest BCUT2D eigenvalue weighted by Gasteiger charge is -2.30. The van der Waals surface area contributed by atoms with Crippen LogP contribution in [0, 0.1) is 0 Å². The van der Waals surface area contributed by atoms with Gasteiger partial charge in [-0.05, 0) is 62.5 Å². The van der Waals surface area contributed by atoms with Gasteiger partial charge in [0.25, 0.3) is 5.91 Å². The van der Waals surface area contributed by atoms with Crippen molar-refractivity contribution in [2.75, 3.05) is 36.5 Å². The van der Waals surface area contributed by atoms with Crippen LogP contribution in [0.3, 0.4) is 0 Å². The topological polar surface area (TPSA) is 62.8 Å². The number of para-hydroxylation sites is 2. The van der Waals surface area contributed by atoms with Crippen molar-refractivity contribution >= 4 is 34.6 Å². The molecule has 148 valence electrons. The number of amides is 1. The smallest absolute Gasteiger partial charge is 0.257 e. The SMILES string of the molecule is CC(C)Oc1ccc(C(=O)NC(=S)Nc2ccccc2N2CCOCC2)cc1. The van der Waals surface area contributed by atoms with Crippen molar-refractivity contribution in [3.8, 4) is 5.75 Å². The summed E-state index contributed by atoms with van der Waals surface area (Å²) < 4.78 is 11.0. The van der Waals surface area contributed by atoms with Crippen molar-refractivity contribution in [3.63, 3.8) is 0 Å². The zero-order valence-electron chi connectivity index (χ0n) is 16.1. The molecule has 28 heavy (non-hydrogen) atoms. The number of anilines is 2. The van der Waals surface area contributed by atoms with Crippen molar-refractivity contribution in [3.05, 3.63) is 54.1 Å². The van der Waals surface area contributed by atoms with Gasteiger partial charge in [0.2, 0.25) is 0 Å². The van der Waals surface area contributed by atoms with Gasteiger partial charge < -0.3 is 19.7 Å². The summed E-state index contributed by atoms with van der Waals surface area (Å²) in [6.45, 7) is 6.96. The molecule has 2 aromatic carbocycles. The Kier molecular flexibility index (Phi) is 6.84. The molecule has 3 rings (SSSR count). The molecular formula is C21H25N3O3S. The molecule has 0 spiro atoms. The van der Waals surface area contributed by atoms with E-state index in [9.17, 15) is 4.79 Å². The first-order valence-corrected chi connectivity index (χ1v) is 9.74. The Hall–Kier alpha value is -2.64. The molecule has 0 unspecified atom stereocenters. The molecule has 0 radical (unpaired) electrons. The Balaban J connectivity index is 1.62. The zero-order valence-corrected chi connectivity index (χ0v) is 16.9. The summed E-state index contributed by atoms with van der Waals surface area (Å²) in [5.74, 6) is 0.462. The van der Waals surface area contributed by atoms with Crippen molar-refractivity contribution < 1.29 is 14.3 Å². The van der Waals surface area contributed by atoms with Gasteiger partial charge in [0.15, 0.2) is 5.11 Å². The molecule has 0 saturated carbocycles. The van der Waals surface area contributed by atoms with Crippen molar-refractivity contribution in [2.24, 2.45) is 0 Å². The number of thiocarbonyl (C=S) groups is 1. The number of carbonyl (C=O) groups excluding carboxylic acids is 1. The maximum atomic E-state index is 12.5. The van der Waals surface area contributed by atoms with Crippen molar-refractivity contribution in [2.45, 2.75) is 20.0 Å². The second-order valence-electron chi connectivity index (χ2n) is 6.72. The summed E-state index contributed by atoms with van der Waals surface area (Å²) in [7, 11) is 0. The minimum Gasteiger partial charge on any atom is -0.491 e. The highest BCUT2D eigenvalue weighted by atomic mass is 32.1. The predicted molar refractivity (Wildman–Crippen MR) is 115 cm³/mol. The van der Waals surface area contributed by atoms with E-state index in [1.807, 2.05) is 38.1 Å². The maximum absolute atomic E-state index is 12.5. The van der Waals surface area contributed by atoms with Crippen LogP contribution < -0.4 is 20.3 Å². The van der Waals surface area contributed by atoms with Crippen molar-refractivity contribution in [1.82, 2.24) is 5.32 Å². The van der Waals surface area contributed by atoms with E-state index in [2.05, 4.69) is 15.5 Å². The Morgan fingerprint density at radius 1 is 1.11 bits per heavy atom. The molecular weight excluding hydrogens is 374 g/mol. The van der Waals surface area contributed by atoms with Crippen LogP contribution >= 0.6 is 12.2 Å². The average molecular weight is 400 g/mol. The molecule has 1 aliphatic heterocycles. The zero-order chi connectivity index (χ0) is 19.9. The highest BCUT2D eigenvalue weighted by Gasteiger charge is 2.16. The summed E-state index contributed by atoms with van der Waals surface area (Å²) in [6.07, 6.45) is 0.0861. The standard InChI is InChI=1S/C21H25N3O3S/c1-15(2)27-17-9-7-16(8-10-17)20(25)23-21(28)22-18-5-3-4-6-19(18)24-11-13-26-14-12-24/h3-10,15H,11-14H2,1-2H3,(H2,22,23,25,28). The third-order valence-corrected chi connectivity index (χ3v) is 4.42. The average Bonchev–Trinajstić information content (AvgIpc) is 2.69. The molecule has 1 fully saturated rings. The maximum Gasteiger partial charge on any atom is 0.257 e. The Bertz CT molecular complexity index is 818. The molecule has 1 aliphatic rings. The van der Waals surface area contributed by atoms with Crippen LogP contribution in [0.2, 0.25) is 0 Å². The number of benzene rings is 2. The van der Waals surface area contributed by atoms with Crippen LogP contribution in [0.5, 0.6) is 5.75 Å². The third kappa shape index (κ3) is 5.43. The number of nitrogens with one attached hydrogen (secondary N) is 2. The molecule has 1 amide bonds. The first-order chi connectivity index (χ1) is 13.5. The molecule has 0 aromatic heterocycles. The van der Waals surface area contributed by atoms with E-state index in [1.165, 1.54) is 0 Å². The molecule has 1 saturated heterocycles. The highest BCUT2D eigenvalue weighted by molar-refractivity contribution is 7.80. The van der Waals surface area contributed by atoms with Gasteiger partial charge in [-0.2, -0.15) is 0 Å². The number of nitrogens with zero attached hydrogens (tertiary/aromatic N) is 1. The first kappa shape index (κ1) is 20.1. The van der Waals surface area contributed by atoms with Crippen LogP contribution in [0.15, 0.2) is 48.5 Å². The van der Waals surface area contributed by atoms with Gasteiger partial charge in [0.1, 0.15) is 5.75 Å². The van der Waals surface area contributed by atoms with E-state index < -0.39 is 0 Å². The lowest BCUT2D eigenvalue weighted by molar-refractivity contribution is 0.0977. The number of hydrogen-bond acceptors (Lipinski definition) is 5. The van der Waals surface area contributed by atoms with Crippen LogP contribution in [-0.4, -0.2) is 43.4 Å². The van der Waals surface area contributed by atoms with Gasteiger partial charge in [-0.3, -0.25) is 10.1 Å². The monoisotopic (exact) mass is 399 g/mol. The fourth-order valence-electron chi connectivity index (χ4n) is 2.95. The van der Waals surface area contributed by atoms with E-state index >= 15 is 0 Å². The van der Waals surface area contributed by atoms with Gasteiger partial charge in [0, 0.05) is 18.7 Å². The molecule has 0 atom stereocenters. The number of carbonyl (C=O) groups is 1. The van der Waals surface area contributed by atoms with Crippen LogP contribution in [0.4, 0.5) is 11.4 Å². The number of hydrogen-bond donors (Lipinski definition) is 2. The molecule has 2 N–H and O–H groups in total. The van der Waals surface area contributed by atoms with Gasteiger partial charge in [0.05, 0.1) is 30.7 Å². The summed E-state index contributed by atoms with van der Waals surface area (Å²) in [6, 6.07) is 14.9. The molecule has 6 nitrogen and oxygen atoms in total. The predicted octanol–water partition coefficient (Wildman–Crippen LogP) is 3.44. The largest absolute Gasteiger partial charge is 0.491 e. The highest BCUT2D eigenvalue weighted by Crippen LogP contribution is 2.26. The Morgan fingerprint density at radius 3 is 2.46 bits per heavy atom. The molecule has 1 heterocycles. The van der Waals surface area contributed by atoms with E-state index in [1.54, 1.807) is 24.3 Å². The van der Waals surface area contributed by atoms with Crippen LogP contribution in [0.25, 0.3) is 0 Å². The van der Waals surface area contributed by atoms with E-state index in [0.29, 0.717) is 18.8 Å². The third-order valence-electron chi connectivity index (χ3n) is 4.22. The summed E-state index contributed by atoms with van der Waals surface area (Å²) in [5.41, 5.74) is 2.41. The van der Waals surface area contributed by atoms with Gasteiger partial charge in [-0.25, -0.2) is 0 Å². The lowest BCUT2D eigenvalue weighted by Crippen LogP contribution is -2.38. The van der Waals surface area contributed by atoms with E-state index in [4.69, 9.17) is 21.7 Å². The van der Waals surface area contributed by atoms with Gasteiger partial charge in [-0.15, -0.1) is 0 Å². The van der Waals surface area contributed by atoms with Crippen molar-refractivity contribution in [1.29, 1.82) is 0 Å². The number of morpholine rings is 1. The Labute approximate surface area is 170 Å². The number of rotatable bonds is 5. The van der Waals surface area contributed by atoms with E-state index in [0.717, 1.165) is 30.2 Å². The first-order valence-electron chi connectivity index (χ1n) is 9.33. The molecule has 0 bridgehead atoms. The fourth-order valence-corrected chi connectivity index (χ4v) is 3.15. The minimum absolute atomic E-state index is 0.0861. The minimum atomic E-state index is -0.266. The quantitative estimate of drug-likeness (QED) is 0.751. The summed E-state index contributed by atoms with van der Waals surface area (Å²) in [5, 5.41) is 6.13. The van der Waals surface area contributed by atoms with Crippen LogP contribution in [-0.2, 0) is 4.74 Å². The molecule has 7 heteroatoms. The van der Waals surface area contributed by atoms with Gasteiger partial charge in [-0.1, -0.05) is 12.1 Å². The number of ether oxygens (including phenoxy) is 2. The fraction of sp³-hybridized carbons (Fsp3) is 0.333. The normalized spacial score (nSPS) is 13.9. The Morgan fingerprint density at radius 2 is 1.79 bits per heavy atom. The van der Waals surface area contributed by atoms with E-state index in [-0.39, 0.29) is 17.1 Å². The molecule has 0 aliphatic carbocycles. The summed E-state index contributed by atoms with van der Waals surface area (Å²) in [4.78, 5) is 14.7. The second kappa shape index (κ2) is 9.52. The lowest BCUT2D eigenvalue weighted by atomic mass is 10.2. The molecule has 2 aromatic rings. The van der Waals surface area contributed by atoms with Gasteiger partial charge >= 0.3 is 0 Å². The van der Waals surface area contributed by atoms with Crippen LogP contribution in [0.1, 0.15) is 24.2 Å². The summed E-state index contributed by atoms with van der Waals surface area (Å²) >= 11 is 5.35. The second-order valence-corrected chi connectivity index (χ2v) is 7.12.